The summed E-state index contributed by atoms with van der Waals surface area (Å²) >= 11 is 0. The zero-order valence-electron chi connectivity index (χ0n) is 18.2. The Morgan fingerprint density at radius 3 is 2.77 bits per heavy atom. The number of piperidine rings is 1. The fraction of sp³-hybridized carbons (Fsp3) is 0.417. The van der Waals surface area contributed by atoms with E-state index in [9.17, 15) is 5.26 Å². The van der Waals surface area contributed by atoms with Crippen molar-refractivity contribution in [1.82, 2.24) is 14.9 Å². The predicted molar refractivity (Wildman–Crippen MR) is 124 cm³/mol. The van der Waals surface area contributed by atoms with Gasteiger partial charge in [-0.25, -0.2) is 4.52 Å². The van der Waals surface area contributed by atoms with Gasteiger partial charge in [-0.1, -0.05) is 13.3 Å². The largest absolute Gasteiger partial charge is 0.494 e. The Morgan fingerprint density at radius 2 is 2.10 bits per heavy atom. The minimum absolute atomic E-state index is 0.306. The van der Waals surface area contributed by atoms with Crippen LogP contribution < -0.4 is 20.7 Å². The van der Waals surface area contributed by atoms with E-state index in [2.05, 4.69) is 34.0 Å². The number of nitriles is 1. The van der Waals surface area contributed by atoms with Crippen molar-refractivity contribution in [2.75, 3.05) is 30.3 Å². The van der Waals surface area contributed by atoms with Crippen molar-refractivity contribution in [1.29, 1.82) is 5.26 Å². The molecule has 0 spiro atoms. The second-order valence-electron chi connectivity index (χ2n) is 7.84. The number of rotatable bonds is 8. The van der Waals surface area contributed by atoms with Crippen LogP contribution in [0.4, 0.5) is 17.2 Å². The molecule has 1 aliphatic rings. The van der Waals surface area contributed by atoms with Gasteiger partial charge in [0.1, 0.15) is 23.2 Å². The molecule has 3 N–H and O–H groups in total. The van der Waals surface area contributed by atoms with Gasteiger partial charge in [0.05, 0.1) is 24.0 Å². The maximum Gasteiger partial charge on any atom is 0.137 e. The summed E-state index contributed by atoms with van der Waals surface area (Å²) in [4.78, 5) is 0. The molecule has 0 bridgehead atoms. The number of benzene rings is 1. The summed E-state index contributed by atoms with van der Waals surface area (Å²) in [6.07, 6.45) is 5.78. The molecule has 1 atom stereocenters. The van der Waals surface area contributed by atoms with E-state index in [1.165, 1.54) is 0 Å². The number of fused-ring (bicyclic) bond motifs is 1. The van der Waals surface area contributed by atoms with Crippen LogP contribution in [0.15, 0.2) is 36.5 Å². The van der Waals surface area contributed by atoms with Gasteiger partial charge in [0.25, 0.3) is 0 Å². The van der Waals surface area contributed by atoms with E-state index in [0.717, 1.165) is 72.8 Å². The topological polar surface area (TPSA) is 86.4 Å². The lowest BCUT2D eigenvalue weighted by atomic mass is 10.0. The van der Waals surface area contributed by atoms with Gasteiger partial charge in [-0.2, -0.15) is 10.4 Å². The number of nitrogens with one attached hydrogen (secondary N) is 3. The summed E-state index contributed by atoms with van der Waals surface area (Å²) in [6.45, 7) is 6.73. The molecule has 0 unspecified atom stereocenters. The molecular weight excluding hydrogens is 388 g/mol. The normalized spacial score (nSPS) is 16.1. The highest BCUT2D eigenvalue weighted by Gasteiger charge is 2.23. The van der Waals surface area contributed by atoms with Crippen LogP contribution >= 0.6 is 0 Å². The molecule has 0 aliphatic carbocycles. The summed E-state index contributed by atoms with van der Waals surface area (Å²) < 4.78 is 7.42. The molecule has 1 aliphatic heterocycles. The fourth-order valence-corrected chi connectivity index (χ4v) is 4.21. The van der Waals surface area contributed by atoms with E-state index >= 15 is 0 Å². The second-order valence-corrected chi connectivity index (χ2v) is 7.84. The number of ether oxygens (including phenoxy) is 1. The second kappa shape index (κ2) is 9.71. The third-order valence-corrected chi connectivity index (χ3v) is 5.63. The lowest BCUT2D eigenvalue weighted by Crippen LogP contribution is -2.39. The van der Waals surface area contributed by atoms with Gasteiger partial charge in [-0.05, 0) is 63.1 Å². The van der Waals surface area contributed by atoms with Crippen molar-refractivity contribution in [2.45, 2.75) is 45.6 Å². The van der Waals surface area contributed by atoms with Crippen LogP contribution in [0.2, 0.25) is 0 Å². The van der Waals surface area contributed by atoms with Crippen LogP contribution in [0.1, 0.15) is 44.2 Å². The molecule has 1 aromatic carbocycles. The van der Waals surface area contributed by atoms with Gasteiger partial charge >= 0.3 is 0 Å². The highest BCUT2D eigenvalue weighted by Crippen LogP contribution is 2.35. The Balaban J connectivity index is 1.79. The zero-order valence-corrected chi connectivity index (χ0v) is 18.2. The SMILES string of the molecule is CCCc1c(N[C@H]2CCCNC2)c(C#N)c2ccnn2c1Nc1ccc(OCC)cc1. The number of hydrogen-bond acceptors (Lipinski definition) is 6. The first kappa shape index (κ1) is 21.0. The summed E-state index contributed by atoms with van der Waals surface area (Å²) in [7, 11) is 0. The number of nitrogens with zero attached hydrogens (tertiary/aromatic N) is 3. The average molecular weight is 419 g/mol. The zero-order chi connectivity index (χ0) is 21.6. The molecule has 0 amide bonds. The maximum absolute atomic E-state index is 10.0. The smallest absolute Gasteiger partial charge is 0.137 e. The van der Waals surface area contributed by atoms with Crippen LogP contribution in [0.25, 0.3) is 5.52 Å². The van der Waals surface area contributed by atoms with Gasteiger partial charge in [0, 0.05) is 23.8 Å². The quantitative estimate of drug-likeness (QED) is 0.501. The minimum Gasteiger partial charge on any atom is -0.494 e. The Bertz CT molecular complexity index is 1060. The molecule has 1 saturated heterocycles. The maximum atomic E-state index is 10.0. The Labute approximate surface area is 183 Å². The average Bonchev–Trinajstić information content (AvgIpc) is 3.28. The Morgan fingerprint density at radius 1 is 1.26 bits per heavy atom. The molecule has 0 saturated carbocycles. The Kier molecular flexibility index (Phi) is 6.58. The van der Waals surface area contributed by atoms with Crippen molar-refractivity contribution in [2.24, 2.45) is 0 Å². The first-order chi connectivity index (χ1) is 15.2. The molecule has 1 fully saturated rings. The molecule has 7 heteroatoms. The van der Waals surface area contributed by atoms with E-state index in [4.69, 9.17) is 4.74 Å². The molecule has 7 nitrogen and oxygen atoms in total. The van der Waals surface area contributed by atoms with Crippen molar-refractivity contribution in [3.8, 4) is 11.8 Å². The summed E-state index contributed by atoms with van der Waals surface area (Å²) in [5.74, 6) is 1.74. The van der Waals surface area contributed by atoms with Crippen LogP contribution in [0.5, 0.6) is 5.75 Å². The predicted octanol–water partition coefficient (Wildman–Crippen LogP) is 4.46. The molecule has 3 aromatic rings. The molecule has 3 heterocycles. The first-order valence-electron chi connectivity index (χ1n) is 11.1. The first-order valence-corrected chi connectivity index (χ1v) is 11.1. The van der Waals surface area contributed by atoms with E-state index in [1.807, 2.05) is 41.8 Å². The Hall–Kier alpha value is -3.24. The summed E-state index contributed by atoms with van der Waals surface area (Å²) in [5.41, 5.74) is 4.44. The molecule has 2 aromatic heterocycles. The van der Waals surface area contributed by atoms with Gasteiger partial charge in [-0.3, -0.25) is 0 Å². The molecular formula is C24H30N6O. The van der Waals surface area contributed by atoms with Gasteiger partial charge in [0.2, 0.25) is 0 Å². The van der Waals surface area contributed by atoms with Crippen LogP contribution in [-0.2, 0) is 6.42 Å². The lowest BCUT2D eigenvalue weighted by Gasteiger charge is -2.28. The summed E-state index contributed by atoms with van der Waals surface area (Å²) in [6, 6.07) is 12.6. The minimum atomic E-state index is 0.306. The number of aromatic nitrogens is 2. The molecule has 4 rings (SSSR count). The number of pyridine rings is 1. The lowest BCUT2D eigenvalue weighted by molar-refractivity contribution is 0.340. The van der Waals surface area contributed by atoms with Gasteiger partial charge in [0.15, 0.2) is 0 Å². The van der Waals surface area contributed by atoms with Crippen LogP contribution in [0, 0.1) is 11.3 Å². The van der Waals surface area contributed by atoms with Gasteiger partial charge < -0.3 is 20.7 Å². The van der Waals surface area contributed by atoms with E-state index in [-0.39, 0.29) is 0 Å². The standard InChI is InChI=1S/C24H30N6O/c1-3-6-20-23(28-18-7-5-13-26-16-18)21(15-25)22-12-14-27-30(22)24(20)29-17-8-10-19(11-9-17)31-4-2/h8-12,14,18,26,28-29H,3-7,13,16H2,1-2H3/t18-/m0/s1. The summed E-state index contributed by atoms with van der Waals surface area (Å²) in [5, 5.41) is 25.3. The van der Waals surface area contributed by atoms with Crippen molar-refractivity contribution in [3.63, 3.8) is 0 Å². The van der Waals surface area contributed by atoms with Crippen molar-refractivity contribution >= 4 is 22.7 Å². The van der Waals surface area contributed by atoms with Crippen LogP contribution in [0.3, 0.4) is 0 Å². The highest BCUT2D eigenvalue weighted by atomic mass is 16.5. The third-order valence-electron chi connectivity index (χ3n) is 5.63. The van der Waals surface area contributed by atoms with Crippen molar-refractivity contribution in [3.05, 3.63) is 47.7 Å². The molecule has 0 radical (unpaired) electrons. The number of anilines is 3. The van der Waals surface area contributed by atoms with Crippen LogP contribution in [-0.4, -0.2) is 35.4 Å². The van der Waals surface area contributed by atoms with Crippen molar-refractivity contribution < 1.29 is 4.74 Å². The number of hydrogen-bond donors (Lipinski definition) is 3. The fourth-order valence-electron chi connectivity index (χ4n) is 4.21. The molecule has 162 valence electrons. The third kappa shape index (κ3) is 4.44. The van der Waals surface area contributed by atoms with Gasteiger partial charge in [-0.15, -0.1) is 0 Å². The van der Waals surface area contributed by atoms with E-state index in [1.54, 1.807) is 6.20 Å². The van der Waals surface area contributed by atoms with E-state index in [0.29, 0.717) is 18.2 Å². The monoisotopic (exact) mass is 418 g/mol. The molecule has 31 heavy (non-hydrogen) atoms. The van der Waals surface area contributed by atoms with E-state index < -0.39 is 0 Å². The highest BCUT2D eigenvalue weighted by molar-refractivity contribution is 5.82.